The summed E-state index contributed by atoms with van der Waals surface area (Å²) in [4.78, 5) is 72.8. The fraction of sp³-hybridized carbons (Fsp3) is 0.577. The predicted molar refractivity (Wildman–Crippen MR) is 243 cm³/mol. The monoisotopic (exact) mass is 886 g/mol. The van der Waals surface area contributed by atoms with E-state index < -0.39 is 60.7 Å². The number of esters is 4. The standard InChI is InChI=1S/C52H70O12/c1-8-9-10-12-39-14-18-41(19-15-39)42-20-16-40(17-21-42)30-60-46-25-22-43(23-26-46)44-24-27-47(45(29-44)13-11-28-59-48(55)35(2)3)61-31-52(32-62-49(56)36(4)5,33-63-50(57)37(6)53)34-64-51(58)38(7)54/h22-27,29,39-42H,2,4,8-21,28,30-34H2,1,3,5-7H3. The Kier molecular flexibility index (Phi) is 20.8. The van der Waals surface area contributed by atoms with E-state index in [1.165, 1.54) is 84.0 Å². The number of carbonyl (C=O) groups excluding carboxylic acids is 6. The molecule has 0 unspecified atom stereocenters. The van der Waals surface area contributed by atoms with Crippen LogP contribution in [0.2, 0.25) is 0 Å². The molecule has 12 heteroatoms. The molecule has 2 saturated carbocycles. The van der Waals surface area contributed by atoms with E-state index in [0.29, 0.717) is 31.1 Å². The number of benzene rings is 2. The highest BCUT2D eigenvalue weighted by atomic mass is 16.6. The third kappa shape index (κ3) is 16.7. The molecule has 4 rings (SSSR count). The second-order valence-corrected chi connectivity index (χ2v) is 18.1. The van der Waals surface area contributed by atoms with Crippen molar-refractivity contribution < 1.29 is 57.2 Å². The van der Waals surface area contributed by atoms with Crippen molar-refractivity contribution in [3.05, 3.63) is 72.3 Å². The van der Waals surface area contributed by atoms with E-state index in [4.69, 9.17) is 28.4 Å². The second-order valence-electron chi connectivity index (χ2n) is 18.1. The Morgan fingerprint density at radius 2 is 1.09 bits per heavy atom. The van der Waals surface area contributed by atoms with Crippen molar-refractivity contribution in [3.63, 3.8) is 0 Å². The van der Waals surface area contributed by atoms with E-state index in [-0.39, 0.29) is 24.4 Å². The number of ketones is 2. The highest BCUT2D eigenvalue weighted by molar-refractivity contribution is 6.32. The molecular weight excluding hydrogens is 817 g/mol. The largest absolute Gasteiger partial charge is 0.493 e. The highest BCUT2D eigenvalue weighted by Gasteiger charge is 2.39. The molecule has 2 aliphatic rings. The van der Waals surface area contributed by atoms with Gasteiger partial charge < -0.3 is 28.4 Å². The summed E-state index contributed by atoms with van der Waals surface area (Å²) < 4.78 is 34.0. The van der Waals surface area contributed by atoms with Gasteiger partial charge in [0.1, 0.15) is 43.3 Å². The molecule has 0 amide bonds. The topological polar surface area (TPSA) is 158 Å². The van der Waals surface area contributed by atoms with Gasteiger partial charge in [0, 0.05) is 25.0 Å². The number of ether oxygens (including phenoxy) is 6. The molecule has 0 aliphatic heterocycles. The Labute approximate surface area is 379 Å². The molecule has 0 heterocycles. The smallest absolute Gasteiger partial charge is 0.374 e. The van der Waals surface area contributed by atoms with Gasteiger partial charge in [0.05, 0.1) is 13.2 Å². The van der Waals surface area contributed by atoms with E-state index in [2.05, 4.69) is 20.1 Å². The molecule has 2 aliphatic carbocycles. The molecule has 0 spiro atoms. The number of hydrogen-bond acceptors (Lipinski definition) is 12. The Hall–Kier alpha value is -5.26. The Morgan fingerprint density at radius 3 is 1.62 bits per heavy atom. The van der Waals surface area contributed by atoms with Gasteiger partial charge in [-0.05, 0) is 130 Å². The van der Waals surface area contributed by atoms with Crippen LogP contribution in [0.15, 0.2) is 66.8 Å². The van der Waals surface area contributed by atoms with Crippen LogP contribution in [-0.4, -0.2) is 75.1 Å². The molecule has 2 aromatic carbocycles. The van der Waals surface area contributed by atoms with Crippen molar-refractivity contribution in [2.75, 3.05) is 39.6 Å². The molecule has 0 N–H and O–H groups in total. The van der Waals surface area contributed by atoms with E-state index in [0.717, 1.165) is 54.0 Å². The van der Waals surface area contributed by atoms with Gasteiger partial charge in [0.25, 0.3) is 0 Å². The SMILES string of the molecule is C=C(C)C(=O)OCCCc1cc(-c2ccc(OCC3CCC(C4CCC(CCCCC)CC4)CC3)cc2)ccc1OCC(COC(=O)C(=C)C)(COC(=O)C(C)=O)COC(=O)C(C)=O. The molecule has 0 radical (unpaired) electrons. The lowest BCUT2D eigenvalue weighted by molar-refractivity contribution is -0.168. The maximum atomic E-state index is 12.5. The number of unbranched alkanes of at least 4 members (excludes halogenated alkanes) is 2. The van der Waals surface area contributed by atoms with Gasteiger partial charge in [-0.1, -0.05) is 76.8 Å². The first-order chi connectivity index (χ1) is 30.6. The van der Waals surface area contributed by atoms with E-state index in [9.17, 15) is 28.8 Å². The minimum atomic E-state index is -1.56. The predicted octanol–water partition coefficient (Wildman–Crippen LogP) is 9.73. The molecule has 2 fully saturated rings. The first-order valence-corrected chi connectivity index (χ1v) is 23.1. The van der Waals surface area contributed by atoms with Gasteiger partial charge in [-0.3, -0.25) is 9.59 Å². The van der Waals surface area contributed by atoms with Gasteiger partial charge in [-0.2, -0.15) is 0 Å². The molecule has 0 bridgehead atoms. The number of carbonyl (C=O) groups is 6. The second kappa shape index (κ2) is 25.9. The van der Waals surface area contributed by atoms with E-state index in [1.807, 2.05) is 36.4 Å². The van der Waals surface area contributed by atoms with Crippen molar-refractivity contribution in [1.82, 2.24) is 0 Å². The van der Waals surface area contributed by atoms with Gasteiger partial charge in [0.15, 0.2) is 0 Å². The third-order valence-electron chi connectivity index (χ3n) is 12.6. The average molecular weight is 887 g/mol. The summed E-state index contributed by atoms with van der Waals surface area (Å²) in [6.45, 7) is 13.4. The van der Waals surface area contributed by atoms with Crippen molar-refractivity contribution in [2.24, 2.45) is 29.1 Å². The molecule has 0 saturated heterocycles. The van der Waals surface area contributed by atoms with Gasteiger partial charge >= 0.3 is 23.9 Å². The van der Waals surface area contributed by atoms with Crippen molar-refractivity contribution in [1.29, 1.82) is 0 Å². The number of aryl methyl sites for hydroxylation is 1. The Balaban J connectivity index is 1.45. The zero-order valence-electron chi connectivity index (χ0n) is 38.8. The quantitative estimate of drug-likeness (QED) is 0.0290. The van der Waals surface area contributed by atoms with Crippen molar-refractivity contribution >= 4 is 35.4 Å². The molecular formula is C52H70O12. The lowest BCUT2D eigenvalue weighted by Gasteiger charge is -2.38. The number of rotatable bonds is 26. The number of hydrogen-bond donors (Lipinski definition) is 0. The molecule has 350 valence electrons. The lowest BCUT2D eigenvalue weighted by Crippen LogP contribution is -2.45. The minimum Gasteiger partial charge on any atom is -0.493 e. The zero-order chi connectivity index (χ0) is 46.6. The van der Waals surface area contributed by atoms with E-state index >= 15 is 0 Å². The Bertz CT molecular complexity index is 1840. The lowest BCUT2D eigenvalue weighted by atomic mass is 9.69. The van der Waals surface area contributed by atoms with Crippen LogP contribution in [0, 0.1) is 29.1 Å². The maximum Gasteiger partial charge on any atom is 0.374 e. The number of Topliss-reactive ketones (excluding diaryl/α,β-unsaturated/α-hetero) is 2. The third-order valence-corrected chi connectivity index (χ3v) is 12.6. The molecule has 0 atom stereocenters. The summed E-state index contributed by atoms with van der Waals surface area (Å²) in [7, 11) is 0. The summed E-state index contributed by atoms with van der Waals surface area (Å²) in [5.74, 6) is -0.871. The van der Waals surface area contributed by atoms with Crippen LogP contribution in [0.3, 0.4) is 0 Å². The minimum absolute atomic E-state index is 0.0823. The van der Waals surface area contributed by atoms with Crippen LogP contribution in [0.4, 0.5) is 0 Å². The first kappa shape index (κ1) is 51.4. The first-order valence-electron chi connectivity index (χ1n) is 23.1. The van der Waals surface area contributed by atoms with Crippen molar-refractivity contribution in [2.45, 2.75) is 125 Å². The van der Waals surface area contributed by atoms with Crippen LogP contribution in [0.5, 0.6) is 11.5 Å². The van der Waals surface area contributed by atoms with Crippen molar-refractivity contribution in [3.8, 4) is 22.6 Å². The summed E-state index contributed by atoms with van der Waals surface area (Å²) in [6, 6.07) is 13.6. The van der Waals surface area contributed by atoms with Crippen LogP contribution < -0.4 is 9.47 Å². The normalized spacial score (nSPS) is 18.5. The molecule has 64 heavy (non-hydrogen) atoms. The van der Waals surface area contributed by atoms with Crippen LogP contribution >= 0.6 is 0 Å². The van der Waals surface area contributed by atoms with Gasteiger partial charge in [-0.25, -0.2) is 19.2 Å². The summed E-state index contributed by atoms with van der Waals surface area (Å²) in [5, 5.41) is 0. The molecule has 0 aromatic heterocycles. The fourth-order valence-corrected chi connectivity index (χ4v) is 8.52. The highest BCUT2D eigenvalue weighted by Crippen LogP contribution is 2.42. The average Bonchev–Trinajstić information content (AvgIpc) is 3.29. The van der Waals surface area contributed by atoms with Crippen LogP contribution in [0.25, 0.3) is 11.1 Å². The fourth-order valence-electron chi connectivity index (χ4n) is 8.52. The summed E-state index contributed by atoms with van der Waals surface area (Å²) >= 11 is 0. The molecule has 2 aromatic rings. The van der Waals surface area contributed by atoms with Crippen LogP contribution in [-0.2, 0) is 54.1 Å². The zero-order valence-corrected chi connectivity index (χ0v) is 38.8. The summed E-state index contributed by atoms with van der Waals surface area (Å²) in [6.07, 6.45) is 17.0. The Morgan fingerprint density at radius 1 is 0.578 bits per heavy atom. The maximum absolute atomic E-state index is 12.5. The van der Waals surface area contributed by atoms with Gasteiger partial charge in [0.2, 0.25) is 11.6 Å². The van der Waals surface area contributed by atoms with Crippen LogP contribution in [0.1, 0.15) is 124 Å². The summed E-state index contributed by atoms with van der Waals surface area (Å²) in [5.41, 5.74) is 1.35. The van der Waals surface area contributed by atoms with Gasteiger partial charge in [-0.15, -0.1) is 0 Å². The molecule has 12 nitrogen and oxygen atoms in total. The van der Waals surface area contributed by atoms with E-state index in [1.54, 1.807) is 13.0 Å².